The summed E-state index contributed by atoms with van der Waals surface area (Å²) in [6.45, 7) is 5.51. The van der Waals surface area contributed by atoms with E-state index in [0.29, 0.717) is 29.7 Å². The maximum absolute atomic E-state index is 12.4. The lowest BCUT2D eigenvalue weighted by Crippen LogP contribution is -2.26. The van der Waals surface area contributed by atoms with E-state index >= 15 is 0 Å². The van der Waals surface area contributed by atoms with Gasteiger partial charge in [-0.05, 0) is 44.2 Å². The van der Waals surface area contributed by atoms with E-state index in [1.807, 2.05) is 0 Å². The van der Waals surface area contributed by atoms with Gasteiger partial charge in [0.1, 0.15) is 5.69 Å². The standard InChI is InChI=1S/C15H18ClN3OS/c1-9-5-12(21-10(9)2)6-17-14-13(16)7-18-19(15(14)20)8-11-3-4-11/h5,7,11,17H,3-4,6,8H2,1-2H3. The van der Waals surface area contributed by atoms with Crippen molar-refractivity contribution in [3.05, 3.63) is 43.0 Å². The van der Waals surface area contributed by atoms with Crippen LogP contribution in [0.2, 0.25) is 5.02 Å². The Morgan fingerprint density at radius 2 is 2.24 bits per heavy atom. The van der Waals surface area contributed by atoms with Crippen molar-refractivity contribution in [1.82, 2.24) is 9.78 Å². The molecule has 0 saturated heterocycles. The zero-order valence-electron chi connectivity index (χ0n) is 12.1. The molecule has 0 amide bonds. The predicted octanol–water partition coefficient (Wildman–Crippen LogP) is 3.60. The number of nitrogens with one attached hydrogen (secondary N) is 1. The lowest BCUT2D eigenvalue weighted by atomic mass is 10.3. The molecule has 0 atom stereocenters. The highest BCUT2D eigenvalue weighted by molar-refractivity contribution is 7.12. The molecule has 1 N–H and O–H groups in total. The predicted molar refractivity (Wildman–Crippen MR) is 87.4 cm³/mol. The second-order valence-corrected chi connectivity index (χ2v) is 7.35. The van der Waals surface area contributed by atoms with Crippen molar-refractivity contribution in [3.63, 3.8) is 0 Å². The zero-order chi connectivity index (χ0) is 15.0. The van der Waals surface area contributed by atoms with E-state index in [9.17, 15) is 4.79 Å². The van der Waals surface area contributed by atoms with E-state index in [2.05, 4.69) is 30.3 Å². The van der Waals surface area contributed by atoms with Gasteiger partial charge < -0.3 is 5.32 Å². The minimum Gasteiger partial charge on any atom is -0.374 e. The number of thiophene rings is 1. The number of rotatable bonds is 5. The first-order chi connectivity index (χ1) is 10.0. The molecule has 2 aromatic rings. The zero-order valence-corrected chi connectivity index (χ0v) is 13.7. The summed E-state index contributed by atoms with van der Waals surface area (Å²) >= 11 is 7.86. The minimum atomic E-state index is -0.126. The van der Waals surface area contributed by atoms with Crippen molar-refractivity contribution in [2.75, 3.05) is 5.32 Å². The SMILES string of the molecule is Cc1cc(CNc2c(Cl)cnn(CC3CC3)c2=O)sc1C. The molecule has 1 fully saturated rings. The first-order valence-corrected chi connectivity index (χ1v) is 8.29. The van der Waals surface area contributed by atoms with Gasteiger partial charge in [0.25, 0.3) is 5.56 Å². The van der Waals surface area contributed by atoms with Gasteiger partial charge in [0.2, 0.25) is 0 Å². The number of anilines is 1. The molecule has 3 rings (SSSR count). The van der Waals surface area contributed by atoms with Crippen LogP contribution < -0.4 is 10.9 Å². The van der Waals surface area contributed by atoms with Crippen LogP contribution in [0.5, 0.6) is 0 Å². The van der Waals surface area contributed by atoms with Crippen LogP contribution in [0, 0.1) is 19.8 Å². The van der Waals surface area contributed by atoms with Gasteiger partial charge in [-0.15, -0.1) is 11.3 Å². The van der Waals surface area contributed by atoms with E-state index in [-0.39, 0.29) is 5.56 Å². The summed E-state index contributed by atoms with van der Waals surface area (Å²) in [7, 11) is 0. The van der Waals surface area contributed by atoms with E-state index in [4.69, 9.17) is 11.6 Å². The Morgan fingerprint density at radius 3 is 2.86 bits per heavy atom. The Kier molecular flexibility index (Phi) is 4.04. The highest BCUT2D eigenvalue weighted by Gasteiger charge is 2.23. The molecular formula is C15H18ClN3OS. The molecule has 1 saturated carbocycles. The number of halogens is 1. The summed E-state index contributed by atoms with van der Waals surface area (Å²) in [6.07, 6.45) is 3.93. The van der Waals surface area contributed by atoms with Crippen LogP contribution in [-0.4, -0.2) is 9.78 Å². The molecule has 0 unspecified atom stereocenters. The average Bonchev–Trinajstić information content (AvgIpc) is 3.19. The lowest BCUT2D eigenvalue weighted by Gasteiger charge is -2.09. The second kappa shape index (κ2) is 5.81. The number of aromatic nitrogens is 2. The van der Waals surface area contributed by atoms with Gasteiger partial charge in [-0.2, -0.15) is 5.10 Å². The molecule has 112 valence electrons. The van der Waals surface area contributed by atoms with E-state index in [1.165, 1.54) is 32.8 Å². The van der Waals surface area contributed by atoms with Crippen molar-refractivity contribution in [3.8, 4) is 0 Å². The monoisotopic (exact) mass is 323 g/mol. The summed E-state index contributed by atoms with van der Waals surface area (Å²) < 4.78 is 1.52. The van der Waals surface area contributed by atoms with Crippen molar-refractivity contribution in [1.29, 1.82) is 0 Å². The molecule has 6 heteroatoms. The van der Waals surface area contributed by atoms with Crippen molar-refractivity contribution in [2.24, 2.45) is 5.92 Å². The lowest BCUT2D eigenvalue weighted by molar-refractivity contribution is 0.534. The van der Waals surface area contributed by atoms with Gasteiger partial charge in [0.05, 0.1) is 11.2 Å². The second-order valence-electron chi connectivity index (χ2n) is 5.60. The van der Waals surface area contributed by atoms with Crippen molar-refractivity contribution < 1.29 is 0 Å². The Morgan fingerprint density at radius 1 is 1.48 bits per heavy atom. The van der Waals surface area contributed by atoms with Gasteiger partial charge in [0.15, 0.2) is 0 Å². The molecular weight excluding hydrogens is 306 g/mol. The van der Waals surface area contributed by atoms with Gasteiger partial charge in [0, 0.05) is 22.8 Å². The first-order valence-electron chi connectivity index (χ1n) is 7.10. The number of hydrogen-bond donors (Lipinski definition) is 1. The normalized spacial score (nSPS) is 14.4. The molecule has 0 aromatic carbocycles. The highest BCUT2D eigenvalue weighted by atomic mass is 35.5. The van der Waals surface area contributed by atoms with Gasteiger partial charge >= 0.3 is 0 Å². The molecule has 2 aromatic heterocycles. The number of aryl methyl sites for hydroxylation is 2. The maximum atomic E-state index is 12.4. The molecule has 1 aliphatic rings. The third kappa shape index (κ3) is 3.30. The van der Waals surface area contributed by atoms with Crippen LogP contribution in [0.4, 0.5) is 5.69 Å². The summed E-state index contributed by atoms with van der Waals surface area (Å²) in [4.78, 5) is 14.9. The molecule has 4 nitrogen and oxygen atoms in total. The first kappa shape index (κ1) is 14.6. The maximum Gasteiger partial charge on any atom is 0.291 e. The van der Waals surface area contributed by atoms with E-state index in [1.54, 1.807) is 17.5 Å². The van der Waals surface area contributed by atoms with Gasteiger partial charge in [-0.25, -0.2) is 4.68 Å². The van der Waals surface area contributed by atoms with Crippen LogP contribution in [0.15, 0.2) is 17.1 Å². The van der Waals surface area contributed by atoms with Crippen molar-refractivity contribution >= 4 is 28.6 Å². The third-order valence-electron chi connectivity index (χ3n) is 3.78. The Bertz CT molecular complexity index is 699. The van der Waals surface area contributed by atoms with Crippen LogP contribution in [-0.2, 0) is 13.1 Å². The Hall–Kier alpha value is -1.33. The van der Waals surface area contributed by atoms with Crippen LogP contribution in [0.3, 0.4) is 0 Å². The fourth-order valence-corrected chi connectivity index (χ4v) is 3.40. The summed E-state index contributed by atoms with van der Waals surface area (Å²) in [5.41, 5.74) is 1.61. The average molecular weight is 324 g/mol. The third-order valence-corrected chi connectivity index (χ3v) is 5.22. The van der Waals surface area contributed by atoms with Crippen LogP contribution >= 0.6 is 22.9 Å². The number of hydrogen-bond acceptors (Lipinski definition) is 4. The summed E-state index contributed by atoms with van der Waals surface area (Å²) in [5, 5.41) is 7.69. The number of nitrogens with zero attached hydrogens (tertiary/aromatic N) is 2. The topological polar surface area (TPSA) is 46.9 Å². The summed E-state index contributed by atoms with van der Waals surface area (Å²) in [5.74, 6) is 0.604. The quantitative estimate of drug-likeness (QED) is 0.914. The molecule has 0 radical (unpaired) electrons. The fraction of sp³-hybridized carbons (Fsp3) is 0.467. The van der Waals surface area contributed by atoms with Gasteiger partial charge in [-0.3, -0.25) is 4.79 Å². The largest absolute Gasteiger partial charge is 0.374 e. The minimum absolute atomic E-state index is 0.126. The summed E-state index contributed by atoms with van der Waals surface area (Å²) in [6, 6.07) is 2.14. The van der Waals surface area contributed by atoms with Gasteiger partial charge in [-0.1, -0.05) is 11.6 Å². The molecule has 0 bridgehead atoms. The Balaban J connectivity index is 1.78. The molecule has 0 spiro atoms. The smallest absolute Gasteiger partial charge is 0.291 e. The van der Waals surface area contributed by atoms with Crippen molar-refractivity contribution in [2.45, 2.75) is 39.8 Å². The van der Waals surface area contributed by atoms with E-state index in [0.717, 1.165) is 0 Å². The molecule has 0 aliphatic heterocycles. The Labute approximate surface area is 132 Å². The van der Waals surface area contributed by atoms with Crippen LogP contribution in [0.25, 0.3) is 0 Å². The molecule has 2 heterocycles. The molecule has 1 aliphatic carbocycles. The highest BCUT2D eigenvalue weighted by Crippen LogP contribution is 2.30. The molecule has 21 heavy (non-hydrogen) atoms. The fourth-order valence-electron chi connectivity index (χ4n) is 2.22. The van der Waals surface area contributed by atoms with E-state index < -0.39 is 0 Å². The van der Waals surface area contributed by atoms with Crippen LogP contribution in [0.1, 0.15) is 28.2 Å².